The van der Waals surface area contributed by atoms with Gasteiger partial charge < -0.3 is 4.90 Å². The lowest BCUT2D eigenvalue weighted by Gasteiger charge is -2.36. The fraction of sp³-hybridized carbons (Fsp3) is 0.571. The minimum atomic E-state index is -4.36. The number of piperidine rings is 1. The lowest BCUT2D eigenvalue weighted by Crippen LogP contribution is -2.43. The molecule has 1 amide bonds. The number of carbonyl (C=O) groups excluding carboxylic acids is 1. The number of hydrogen-bond donors (Lipinski definition) is 0. The van der Waals surface area contributed by atoms with E-state index in [-0.39, 0.29) is 31.1 Å². The number of alkyl halides is 4. The van der Waals surface area contributed by atoms with Gasteiger partial charge >= 0.3 is 6.18 Å². The first-order valence-electron chi connectivity index (χ1n) is 6.85. The monoisotopic (exact) mass is 338 g/mol. The van der Waals surface area contributed by atoms with E-state index in [1.165, 1.54) is 23.2 Å². The van der Waals surface area contributed by atoms with Crippen molar-refractivity contribution in [3.05, 3.63) is 29.0 Å². The van der Waals surface area contributed by atoms with Crippen molar-refractivity contribution in [3.8, 4) is 0 Å². The molecule has 0 saturated carbocycles. The molecule has 22 heavy (non-hydrogen) atoms. The van der Waals surface area contributed by atoms with Crippen molar-refractivity contribution >= 4 is 17.5 Å². The Morgan fingerprint density at radius 2 is 2.00 bits per heavy atom. The average molecular weight is 339 g/mol. The molecule has 0 atom stereocenters. The predicted octanol–water partition coefficient (Wildman–Crippen LogP) is 3.86. The number of halogens is 5. The minimum Gasteiger partial charge on any atom is -0.342 e. The van der Waals surface area contributed by atoms with Crippen LogP contribution >= 0.6 is 11.6 Å². The third kappa shape index (κ3) is 4.32. The second kappa shape index (κ2) is 6.40. The van der Waals surface area contributed by atoms with Crippen molar-refractivity contribution in [3.63, 3.8) is 0 Å². The van der Waals surface area contributed by atoms with Gasteiger partial charge in [-0.25, -0.2) is 9.37 Å². The predicted molar refractivity (Wildman–Crippen MR) is 73.1 cm³/mol. The van der Waals surface area contributed by atoms with Gasteiger partial charge in [0.2, 0.25) is 5.91 Å². The number of rotatable bonds is 3. The highest BCUT2D eigenvalue weighted by atomic mass is 35.5. The van der Waals surface area contributed by atoms with Crippen molar-refractivity contribution in [2.24, 2.45) is 0 Å². The highest BCUT2D eigenvalue weighted by Gasteiger charge is 2.38. The largest absolute Gasteiger partial charge is 0.389 e. The van der Waals surface area contributed by atoms with Crippen LogP contribution in [-0.2, 0) is 10.5 Å². The van der Waals surface area contributed by atoms with Crippen LogP contribution in [0.3, 0.4) is 0 Å². The van der Waals surface area contributed by atoms with Gasteiger partial charge in [0.1, 0.15) is 10.8 Å². The highest BCUT2D eigenvalue weighted by Crippen LogP contribution is 2.37. The topological polar surface area (TPSA) is 33.2 Å². The molecule has 0 bridgehead atoms. The Labute approximate surface area is 130 Å². The molecule has 8 heteroatoms. The van der Waals surface area contributed by atoms with Gasteiger partial charge in [0.15, 0.2) is 0 Å². The summed E-state index contributed by atoms with van der Waals surface area (Å²) in [5.74, 6) is -0.591. The maximum absolute atomic E-state index is 14.9. The Hall–Kier alpha value is -1.37. The average Bonchev–Trinajstić information content (AvgIpc) is 2.45. The fourth-order valence-corrected chi connectivity index (χ4v) is 2.66. The second-order valence-corrected chi connectivity index (χ2v) is 5.72. The molecule has 1 saturated heterocycles. The van der Waals surface area contributed by atoms with Gasteiger partial charge in [-0.3, -0.25) is 4.79 Å². The number of hydrogen-bond acceptors (Lipinski definition) is 2. The van der Waals surface area contributed by atoms with Crippen LogP contribution < -0.4 is 0 Å². The molecule has 1 aromatic heterocycles. The zero-order chi connectivity index (χ0) is 16.4. The number of amides is 1. The molecule has 2 heterocycles. The molecule has 0 radical (unpaired) electrons. The zero-order valence-electron chi connectivity index (χ0n) is 11.7. The summed E-state index contributed by atoms with van der Waals surface area (Å²) in [7, 11) is 0. The highest BCUT2D eigenvalue weighted by molar-refractivity contribution is 6.29. The van der Waals surface area contributed by atoms with Crippen molar-refractivity contribution in [1.82, 2.24) is 9.88 Å². The molecule has 0 aliphatic carbocycles. The summed E-state index contributed by atoms with van der Waals surface area (Å²) in [5.41, 5.74) is -1.25. The third-order valence-corrected chi connectivity index (χ3v) is 3.98. The number of aromatic nitrogens is 1. The summed E-state index contributed by atoms with van der Waals surface area (Å²) in [6.07, 6.45) is -4.63. The molecular weight excluding hydrogens is 324 g/mol. The molecule has 0 N–H and O–H groups in total. The van der Waals surface area contributed by atoms with Crippen LogP contribution in [0.25, 0.3) is 0 Å². The number of carbonyl (C=O) groups is 1. The Morgan fingerprint density at radius 3 is 2.55 bits per heavy atom. The van der Waals surface area contributed by atoms with E-state index in [1.807, 2.05) is 0 Å². The fourth-order valence-electron chi connectivity index (χ4n) is 2.49. The Balaban J connectivity index is 1.93. The lowest BCUT2D eigenvalue weighted by atomic mass is 9.86. The van der Waals surface area contributed by atoms with Gasteiger partial charge in [-0.1, -0.05) is 11.6 Å². The van der Waals surface area contributed by atoms with E-state index in [4.69, 9.17) is 11.6 Å². The van der Waals surface area contributed by atoms with Gasteiger partial charge in [0.05, 0.1) is 6.42 Å². The molecular formula is C14H15ClF4N2O. The van der Waals surface area contributed by atoms with Gasteiger partial charge in [-0.15, -0.1) is 0 Å². The summed E-state index contributed by atoms with van der Waals surface area (Å²) >= 11 is 5.74. The van der Waals surface area contributed by atoms with Crippen LogP contribution in [0.2, 0.25) is 5.15 Å². The van der Waals surface area contributed by atoms with E-state index in [1.54, 1.807) is 0 Å². The SMILES string of the molecule is O=C(CCC(F)(F)F)N1CCC(F)(c2ccnc(Cl)c2)CC1. The van der Waals surface area contributed by atoms with Crippen molar-refractivity contribution in [2.45, 2.75) is 37.5 Å². The van der Waals surface area contributed by atoms with Gasteiger partial charge in [-0.05, 0) is 17.7 Å². The summed E-state index contributed by atoms with van der Waals surface area (Å²) in [6.45, 7) is 0.181. The molecule has 0 spiro atoms. The lowest BCUT2D eigenvalue weighted by molar-refractivity contribution is -0.150. The number of pyridine rings is 1. The molecule has 1 aliphatic heterocycles. The quantitative estimate of drug-likeness (QED) is 0.619. The summed E-state index contributed by atoms with van der Waals surface area (Å²) in [5, 5.41) is 0.179. The molecule has 1 aliphatic rings. The standard InChI is InChI=1S/C14H15ClF4N2O/c15-11-9-10(2-6-20-11)13(16)4-7-21(8-5-13)12(22)1-3-14(17,18)19/h2,6,9H,1,3-5,7-8H2. The van der Waals surface area contributed by atoms with Gasteiger partial charge in [0, 0.05) is 38.5 Å². The maximum Gasteiger partial charge on any atom is 0.389 e. The van der Waals surface area contributed by atoms with Crippen LogP contribution in [0.15, 0.2) is 18.3 Å². The molecule has 0 unspecified atom stereocenters. The van der Waals surface area contributed by atoms with Crippen LogP contribution in [-0.4, -0.2) is 35.1 Å². The Bertz CT molecular complexity index is 542. The number of likely N-dealkylation sites (tertiary alicyclic amines) is 1. The molecule has 2 rings (SSSR count). The van der Waals surface area contributed by atoms with E-state index in [9.17, 15) is 22.4 Å². The van der Waals surface area contributed by atoms with Gasteiger partial charge in [0.25, 0.3) is 0 Å². The van der Waals surface area contributed by atoms with E-state index in [2.05, 4.69) is 4.98 Å². The van der Waals surface area contributed by atoms with Gasteiger partial charge in [-0.2, -0.15) is 13.2 Å². The minimum absolute atomic E-state index is 0.0328. The first-order valence-corrected chi connectivity index (χ1v) is 7.23. The van der Waals surface area contributed by atoms with Crippen LogP contribution in [0.1, 0.15) is 31.2 Å². The van der Waals surface area contributed by atoms with E-state index >= 15 is 0 Å². The zero-order valence-corrected chi connectivity index (χ0v) is 12.4. The molecule has 1 fully saturated rings. The Kier molecular flexibility index (Phi) is 4.94. The molecule has 122 valence electrons. The second-order valence-electron chi connectivity index (χ2n) is 5.33. The van der Waals surface area contributed by atoms with E-state index in [0.717, 1.165) is 0 Å². The van der Waals surface area contributed by atoms with E-state index in [0.29, 0.717) is 5.56 Å². The van der Waals surface area contributed by atoms with E-state index < -0.39 is 30.6 Å². The molecule has 3 nitrogen and oxygen atoms in total. The first kappa shape index (κ1) is 17.0. The molecule has 1 aromatic rings. The Morgan fingerprint density at radius 1 is 1.36 bits per heavy atom. The normalized spacial score (nSPS) is 18.3. The number of nitrogens with zero attached hydrogens (tertiary/aromatic N) is 2. The van der Waals surface area contributed by atoms with Crippen molar-refractivity contribution in [1.29, 1.82) is 0 Å². The summed E-state index contributed by atoms with van der Waals surface area (Å²) < 4.78 is 51.2. The van der Waals surface area contributed by atoms with Crippen LogP contribution in [0.4, 0.5) is 17.6 Å². The van der Waals surface area contributed by atoms with Crippen molar-refractivity contribution < 1.29 is 22.4 Å². The van der Waals surface area contributed by atoms with Crippen LogP contribution in [0, 0.1) is 0 Å². The first-order chi connectivity index (χ1) is 10.2. The smallest absolute Gasteiger partial charge is 0.342 e. The maximum atomic E-state index is 14.9. The third-order valence-electron chi connectivity index (χ3n) is 3.77. The summed E-state index contributed by atoms with van der Waals surface area (Å²) in [4.78, 5) is 16.8. The molecule has 0 aromatic carbocycles. The summed E-state index contributed by atoms with van der Waals surface area (Å²) in [6, 6.07) is 2.95. The van der Waals surface area contributed by atoms with Crippen molar-refractivity contribution in [2.75, 3.05) is 13.1 Å². The van der Waals surface area contributed by atoms with Crippen LogP contribution in [0.5, 0.6) is 0 Å².